The second-order valence-electron chi connectivity index (χ2n) is 7.37. The smallest absolute Gasteiger partial charge is 0.417 e. The van der Waals surface area contributed by atoms with Gasteiger partial charge < -0.3 is 9.64 Å². The third-order valence-electron chi connectivity index (χ3n) is 4.94. The minimum Gasteiger partial charge on any atom is -0.457 e. The van der Waals surface area contributed by atoms with E-state index in [-0.39, 0.29) is 0 Å². The molecule has 0 unspecified atom stereocenters. The van der Waals surface area contributed by atoms with Crippen molar-refractivity contribution >= 4 is 6.47 Å². The van der Waals surface area contributed by atoms with Crippen molar-refractivity contribution in [3.05, 3.63) is 0 Å². The van der Waals surface area contributed by atoms with Gasteiger partial charge in [-0.25, -0.2) is 4.79 Å². The van der Waals surface area contributed by atoms with Crippen LogP contribution in [0, 0.1) is 0 Å². The Morgan fingerprint density at radius 1 is 0.600 bits per heavy atom. The Hall–Kier alpha value is -0.570. The van der Waals surface area contributed by atoms with Crippen molar-refractivity contribution in [1.82, 2.24) is 4.90 Å². The van der Waals surface area contributed by atoms with Crippen LogP contribution in [0.4, 0.5) is 0 Å². The SMILES string of the molecule is CCCCCN(CCCCC)CCCCCCCCCCCO[C]=O. The molecule has 25 heavy (non-hydrogen) atoms. The van der Waals surface area contributed by atoms with Crippen LogP contribution in [-0.4, -0.2) is 37.6 Å². The zero-order valence-corrected chi connectivity index (χ0v) is 17.2. The van der Waals surface area contributed by atoms with E-state index in [1.165, 1.54) is 116 Å². The zero-order chi connectivity index (χ0) is 18.4. The molecule has 3 nitrogen and oxygen atoms in total. The number of hydrogen-bond donors (Lipinski definition) is 0. The van der Waals surface area contributed by atoms with E-state index in [0.717, 1.165) is 6.42 Å². The third-order valence-corrected chi connectivity index (χ3v) is 4.94. The molecule has 0 amide bonds. The van der Waals surface area contributed by atoms with Crippen LogP contribution in [0.3, 0.4) is 0 Å². The van der Waals surface area contributed by atoms with E-state index in [9.17, 15) is 4.79 Å². The number of rotatable bonds is 21. The molecule has 0 saturated heterocycles. The summed E-state index contributed by atoms with van der Waals surface area (Å²) in [6, 6.07) is 0. The number of hydrogen-bond acceptors (Lipinski definition) is 3. The first-order chi connectivity index (χ1) is 12.3. The summed E-state index contributed by atoms with van der Waals surface area (Å²) in [5.41, 5.74) is 0. The maximum atomic E-state index is 9.89. The van der Waals surface area contributed by atoms with Crippen molar-refractivity contribution < 1.29 is 9.53 Å². The fraction of sp³-hybridized carbons (Fsp3) is 0.955. The summed E-state index contributed by atoms with van der Waals surface area (Å²) in [4.78, 5) is 12.6. The highest BCUT2D eigenvalue weighted by atomic mass is 16.5. The summed E-state index contributed by atoms with van der Waals surface area (Å²) < 4.78 is 4.58. The van der Waals surface area contributed by atoms with Crippen molar-refractivity contribution in [2.24, 2.45) is 0 Å². The summed E-state index contributed by atoms with van der Waals surface area (Å²) in [5, 5.41) is 0. The lowest BCUT2D eigenvalue weighted by Crippen LogP contribution is -2.27. The lowest BCUT2D eigenvalue weighted by Gasteiger charge is -2.22. The van der Waals surface area contributed by atoms with Gasteiger partial charge in [0.05, 0.1) is 6.61 Å². The van der Waals surface area contributed by atoms with Gasteiger partial charge in [-0.1, -0.05) is 84.5 Å². The average molecular weight is 355 g/mol. The van der Waals surface area contributed by atoms with Gasteiger partial charge in [-0.2, -0.15) is 0 Å². The molecule has 0 aromatic rings. The topological polar surface area (TPSA) is 29.5 Å². The molecule has 0 N–H and O–H groups in total. The van der Waals surface area contributed by atoms with E-state index in [0.29, 0.717) is 6.61 Å². The first kappa shape index (κ1) is 24.4. The maximum Gasteiger partial charge on any atom is 0.417 e. The van der Waals surface area contributed by atoms with Crippen LogP contribution < -0.4 is 0 Å². The van der Waals surface area contributed by atoms with Crippen LogP contribution in [0.15, 0.2) is 0 Å². The number of unbranched alkanes of at least 4 members (excludes halogenated alkanes) is 12. The summed E-state index contributed by atoms with van der Waals surface area (Å²) >= 11 is 0. The van der Waals surface area contributed by atoms with Crippen LogP contribution in [0.2, 0.25) is 0 Å². The average Bonchev–Trinajstić information content (AvgIpc) is 2.62. The lowest BCUT2D eigenvalue weighted by atomic mass is 10.1. The minimum absolute atomic E-state index is 0.538. The molecule has 149 valence electrons. The van der Waals surface area contributed by atoms with Crippen LogP contribution in [-0.2, 0) is 9.53 Å². The van der Waals surface area contributed by atoms with Gasteiger partial charge in [0.2, 0.25) is 0 Å². The van der Waals surface area contributed by atoms with E-state index in [4.69, 9.17) is 0 Å². The molecule has 0 bridgehead atoms. The highest BCUT2D eigenvalue weighted by Gasteiger charge is 2.04. The Kier molecular flexibility index (Phi) is 21.0. The fourth-order valence-corrected chi connectivity index (χ4v) is 3.29. The van der Waals surface area contributed by atoms with E-state index < -0.39 is 0 Å². The number of ether oxygens (including phenoxy) is 1. The molecule has 0 aliphatic rings. The molecule has 0 aliphatic heterocycles. The minimum atomic E-state index is 0.538. The summed E-state index contributed by atoms with van der Waals surface area (Å²) in [6.07, 6.45) is 19.8. The standard InChI is InChI=1S/C22H44NO2/c1-3-5-14-18-23(19-15-6-4-2)20-16-12-10-8-7-9-11-13-17-21-25-22-24/h3-21H2,1-2H3. The second-order valence-corrected chi connectivity index (χ2v) is 7.37. The molecule has 0 spiro atoms. The highest BCUT2D eigenvalue weighted by Crippen LogP contribution is 2.11. The molecule has 1 radical (unpaired) electrons. The molecular formula is C22H44NO2. The van der Waals surface area contributed by atoms with Crippen LogP contribution >= 0.6 is 0 Å². The van der Waals surface area contributed by atoms with Gasteiger partial charge in [-0.05, 0) is 45.3 Å². The van der Waals surface area contributed by atoms with Crippen LogP contribution in [0.5, 0.6) is 0 Å². The monoisotopic (exact) mass is 354 g/mol. The van der Waals surface area contributed by atoms with E-state index in [1.54, 1.807) is 0 Å². The van der Waals surface area contributed by atoms with Gasteiger partial charge in [0.15, 0.2) is 0 Å². The Labute approximate surface area is 157 Å². The summed E-state index contributed by atoms with van der Waals surface area (Å²) in [7, 11) is 0. The van der Waals surface area contributed by atoms with Gasteiger partial charge >= 0.3 is 6.47 Å². The zero-order valence-electron chi connectivity index (χ0n) is 17.2. The Morgan fingerprint density at radius 3 is 1.44 bits per heavy atom. The fourth-order valence-electron chi connectivity index (χ4n) is 3.29. The molecular weight excluding hydrogens is 310 g/mol. The van der Waals surface area contributed by atoms with Gasteiger partial charge in [-0.15, -0.1) is 0 Å². The predicted molar refractivity (Wildman–Crippen MR) is 109 cm³/mol. The Balaban J connectivity index is 3.45. The van der Waals surface area contributed by atoms with E-state index in [2.05, 4.69) is 23.5 Å². The van der Waals surface area contributed by atoms with Gasteiger partial charge in [0.25, 0.3) is 0 Å². The summed E-state index contributed by atoms with van der Waals surface area (Å²) in [5.74, 6) is 0. The van der Waals surface area contributed by atoms with Crippen molar-refractivity contribution in [1.29, 1.82) is 0 Å². The molecule has 0 atom stereocenters. The third kappa shape index (κ3) is 19.6. The van der Waals surface area contributed by atoms with Crippen molar-refractivity contribution in [3.63, 3.8) is 0 Å². The molecule has 0 saturated carbocycles. The number of carbonyl (C=O) groups excluding carboxylic acids is 1. The summed E-state index contributed by atoms with van der Waals surface area (Å²) in [6.45, 7) is 10.5. The second kappa shape index (κ2) is 21.5. The van der Waals surface area contributed by atoms with Crippen LogP contribution in [0.1, 0.15) is 110 Å². The quantitative estimate of drug-likeness (QED) is 0.228. The van der Waals surface area contributed by atoms with Gasteiger partial charge in [0, 0.05) is 0 Å². The largest absolute Gasteiger partial charge is 0.457 e. The van der Waals surface area contributed by atoms with Crippen LogP contribution in [0.25, 0.3) is 0 Å². The van der Waals surface area contributed by atoms with Crippen molar-refractivity contribution in [3.8, 4) is 0 Å². The Morgan fingerprint density at radius 2 is 1.00 bits per heavy atom. The molecule has 3 heteroatoms. The first-order valence-corrected chi connectivity index (χ1v) is 11.1. The number of nitrogens with zero attached hydrogens (tertiary/aromatic N) is 1. The van der Waals surface area contributed by atoms with Crippen molar-refractivity contribution in [2.75, 3.05) is 26.2 Å². The molecule has 0 rings (SSSR count). The molecule has 0 aliphatic carbocycles. The molecule has 0 fully saturated rings. The van der Waals surface area contributed by atoms with E-state index in [1.807, 2.05) is 0 Å². The van der Waals surface area contributed by atoms with Crippen molar-refractivity contribution in [2.45, 2.75) is 110 Å². The Bertz CT molecular complexity index is 248. The molecule has 0 heterocycles. The predicted octanol–water partition coefficient (Wildman–Crippen LogP) is 6.26. The highest BCUT2D eigenvalue weighted by molar-refractivity contribution is 5.37. The van der Waals surface area contributed by atoms with Gasteiger partial charge in [0.1, 0.15) is 0 Å². The lowest BCUT2D eigenvalue weighted by molar-refractivity contribution is 0.255. The van der Waals surface area contributed by atoms with E-state index >= 15 is 0 Å². The van der Waals surface area contributed by atoms with Gasteiger partial charge in [-0.3, -0.25) is 0 Å². The maximum absolute atomic E-state index is 9.89. The first-order valence-electron chi connectivity index (χ1n) is 11.1. The molecule has 0 aromatic carbocycles. The normalized spacial score (nSPS) is 11.2. The molecule has 0 aromatic heterocycles.